The minimum Gasteiger partial charge on any atom is -0.330 e. The highest BCUT2D eigenvalue weighted by Crippen LogP contribution is 2.28. The first kappa shape index (κ1) is 11.7. The average Bonchev–Trinajstić information content (AvgIpc) is 2.18. The fourth-order valence-corrected chi connectivity index (χ4v) is 1.38. The molecule has 0 bridgehead atoms. The molecule has 0 spiro atoms. The number of nitro benzene ring substituents is 1. The van der Waals surface area contributed by atoms with Crippen molar-refractivity contribution in [1.29, 1.82) is 0 Å². The van der Waals surface area contributed by atoms with Crippen molar-refractivity contribution in [3.8, 4) is 0 Å². The zero-order valence-electron chi connectivity index (χ0n) is 8.07. The first-order valence-electron chi connectivity index (χ1n) is 4.38. The van der Waals surface area contributed by atoms with Gasteiger partial charge in [-0.3, -0.25) is 10.1 Å². The Morgan fingerprint density at radius 3 is 2.80 bits per heavy atom. The molecule has 80 valence electrons. The van der Waals surface area contributed by atoms with Gasteiger partial charge in [-0.05, 0) is 30.2 Å². The molecule has 1 aromatic rings. The Bertz CT molecular complexity index is 404. The van der Waals surface area contributed by atoms with Crippen molar-refractivity contribution in [3.05, 3.63) is 45.5 Å². The third-order valence-corrected chi connectivity index (χ3v) is 2.32. The van der Waals surface area contributed by atoms with Crippen molar-refractivity contribution in [3.63, 3.8) is 0 Å². The van der Waals surface area contributed by atoms with Crippen LogP contribution in [0.1, 0.15) is 12.0 Å². The summed E-state index contributed by atoms with van der Waals surface area (Å²) in [6.45, 7) is 4.27. The summed E-state index contributed by atoms with van der Waals surface area (Å²) in [7, 11) is 0. The second kappa shape index (κ2) is 4.91. The molecule has 0 saturated carbocycles. The van der Waals surface area contributed by atoms with Crippen molar-refractivity contribution < 1.29 is 4.92 Å². The quantitative estimate of drug-likeness (QED) is 0.634. The predicted octanol–water partition coefficient (Wildman–Crippen LogP) is 2.61. The highest BCUT2D eigenvalue weighted by atomic mass is 35.5. The van der Waals surface area contributed by atoms with E-state index in [4.69, 9.17) is 17.3 Å². The largest absolute Gasteiger partial charge is 0.330 e. The Labute approximate surface area is 92.5 Å². The van der Waals surface area contributed by atoms with Crippen LogP contribution >= 0.6 is 11.6 Å². The Balaban J connectivity index is 3.07. The van der Waals surface area contributed by atoms with Gasteiger partial charge in [-0.1, -0.05) is 24.2 Å². The van der Waals surface area contributed by atoms with Gasteiger partial charge in [0.1, 0.15) is 5.02 Å². The second-order valence-corrected chi connectivity index (χ2v) is 3.47. The summed E-state index contributed by atoms with van der Waals surface area (Å²) in [5.41, 5.74) is 6.75. The number of nitrogens with zero attached hydrogens (tertiary/aromatic N) is 1. The van der Waals surface area contributed by atoms with Crippen LogP contribution in [0.5, 0.6) is 0 Å². The summed E-state index contributed by atoms with van der Waals surface area (Å²) in [4.78, 5) is 10.1. The molecule has 2 N–H and O–H groups in total. The number of rotatable bonds is 4. The van der Waals surface area contributed by atoms with Crippen molar-refractivity contribution in [2.45, 2.75) is 6.42 Å². The molecule has 0 fully saturated rings. The zero-order chi connectivity index (χ0) is 11.4. The first-order valence-corrected chi connectivity index (χ1v) is 4.76. The van der Waals surface area contributed by atoms with Crippen molar-refractivity contribution in [2.75, 3.05) is 6.54 Å². The van der Waals surface area contributed by atoms with Crippen LogP contribution in [0.2, 0.25) is 5.02 Å². The maximum atomic E-state index is 10.6. The maximum Gasteiger partial charge on any atom is 0.288 e. The lowest BCUT2D eigenvalue weighted by molar-refractivity contribution is -0.384. The van der Waals surface area contributed by atoms with Crippen LogP contribution in [0, 0.1) is 10.1 Å². The van der Waals surface area contributed by atoms with Gasteiger partial charge in [0.25, 0.3) is 5.69 Å². The van der Waals surface area contributed by atoms with E-state index in [0.717, 1.165) is 5.57 Å². The summed E-state index contributed by atoms with van der Waals surface area (Å²) in [6, 6.07) is 4.62. The molecule has 0 unspecified atom stereocenters. The molecule has 1 rings (SSSR count). The van der Waals surface area contributed by atoms with Crippen LogP contribution in [-0.2, 0) is 0 Å². The lowest BCUT2D eigenvalue weighted by Crippen LogP contribution is -1.99. The lowest BCUT2D eigenvalue weighted by atomic mass is 10.0. The molecule has 15 heavy (non-hydrogen) atoms. The lowest BCUT2D eigenvalue weighted by Gasteiger charge is -2.04. The fraction of sp³-hybridized carbons (Fsp3) is 0.200. The SMILES string of the molecule is C=C(CCN)c1ccc(Cl)c([N+](=O)[O-])c1. The standard InChI is InChI=1S/C10H11ClN2O2/c1-7(4-5-12)8-2-3-9(11)10(6-8)13(14)15/h2-3,6H,1,4-5,12H2. The highest BCUT2D eigenvalue weighted by Gasteiger charge is 2.13. The van der Waals surface area contributed by atoms with Gasteiger partial charge in [0, 0.05) is 6.07 Å². The molecule has 0 heterocycles. The molecular formula is C10H11ClN2O2. The van der Waals surface area contributed by atoms with Crippen LogP contribution in [-0.4, -0.2) is 11.5 Å². The molecule has 0 saturated heterocycles. The molecule has 0 aromatic heterocycles. The summed E-state index contributed by atoms with van der Waals surface area (Å²) in [6.07, 6.45) is 0.610. The van der Waals surface area contributed by atoms with E-state index >= 15 is 0 Å². The molecule has 4 nitrogen and oxygen atoms in total. The first-order chi connectivity index (χ1) is 7.06. The molecular weight excluding hydrogens is 216 g/mol. The number of nitro groups is 1. The van der Waals surface area contributed by atoms with E-state index in [1.807, 2.05) is 0 Å². The topological polar surface area (TPSA) is 69.2 Å². The van der Waals surface area contributed by atoms with Gasteiger partial charge in [0.15, 0.2) is 0 Å². The highest BCUT2D eigenvalue weighted by molar-refractivity contribution is 6.32. The zero-order valence-corrected chi connectivity index (χ0v) is 8.83. The summed E-state index contributed by atoms with van der Waals surface area (Å²) >= 11 is 5.68. The molecule has 0 aliphatic carbocycles. The van der Waals surface area contributed by atoms with Gasteiger partial charge in [-0.25, -0.2) is 0 Å². The number of halogens is 1. The predicted molar refractivity (Wildman–Crippen MR) is 60.8 cm³/mol. The Hall–Kier alpha value is -1.39. The Kier molecular flexibility index (Phi) is 3.82. The molecule has 0 amide bonds. The van der Waals surface area contributed by atoms with Crippen LogP contribution in [0.25, 0.3) is 5.57 Å². The smallest absolute Gasteiger partial charge is 0.288 e. The minimum atomic E-state index is -0.512. The van der Waals surface area contributed by atoms with Gasteiger partial charge < -0.3 is 5.73 Å². The Morgan fingerprint density at radius 1 is 1.60 bits per heavy atom. The van der Waals surface area contributed by atoms with Crippen molar-refractivity contribution in [1.82, 2.24) is 0 Å². The second-order valence-electron chi connectivity index (χ2n) is 3.07. The van der Waals surface area contributed by atoms with Crippen LogP contribution in [0.15, 0.2) is 24.8 Å². The van der Waals surface area contributed by atoms with Crippen molar-refractivity contribution in [2.24, 2.45) is 5.73 Å². The van der Waals surface area contributed by atoms with Crippen molar-refractivity contribution >= 4 is 22.9 Å². The van der Waals surface area contributed by atoms with E-state index in [1.54, 1.807) is 6.07 Å². The number of nitrogens with two attached hydrogens (primary N) is 1. The van der Waals surface area contributed by atoms with Gasteiger partial charge >= 0.3 is 0 Å². The van der Waals surface area contributed by atoms with Gasteiger partial charge in [0.05, 0.1) is 4.92 Å². The maximum absolute atomic E-state index is 10.6. The van der Waals surface area contributed by atoms with Crippen LogP contribution < -0.4 is 5.73 Å². The summed E-state index contributed by atoms with van der Waals surface area (Å²) < 4.78 is 0. The van der Waals surface area contributed by atoms with Crippen LogP contribution in [0.4, 0.5) is 5.69 Å². The monoisotopic (exact) mass is 226 g/mol. The van der Waals surface area contributed by atoms with E-state index in [9.17, 15) is 10.1 Å². The molecule has 5 heteroatoms. The van der Waals surface area contributed by atoms with Crippen LogP contribution in [0.3, 0.4) is 0 Å². The van der Waals surface area contributed by atoms with E-state index in [2.05, 4.69) is 6.58 Å². The van der Waals surface area contributed by atoms with Gasteiger partial charge in [-0.15, -0.1) is 0 Å². The molecule has 0 aliphatic rings. The molecule has 0 aliphatic heterocycles. The van der Waals surface area contributed by atoms with E-state index < -0.39 is 4.92 Å². The third-order valence-electron chi connectivity index (χ3n) is 2.00. The van der Waals surface area contributed by atoms with Gasteiger partial charge in [0.2, 0.25) is 0 Å². The summed E-state index contributed by atoms with van der Waals surface area (Å²) in [5, 5.41) is 10.8. The minimum absolute atomic E-state index is 0.104. The number of hydrogen-bond acceptors (Lipinski definition) is 3. The van der Waals surface area contributed by atoms with E-state index in [-0.39, 0.29) is 10.7 Å². The summed E-state index contributed by atoms with van der Waals surface area (Å²) in [5.74, 6) is 0. The normalized spacial score (nSPS) is 10.0. The average molecular weight is 227 g/mol. The van der Waals surface area contributed by atoms with Gasteiger partial charge in [-0.2, -0.15) is 0 Å². The van der Waals surface area contributed by atoms with E-state index in [1.165, 1.54) is 12.1 Å². The fourth-order valence-electron chi connectivity index (χ4n) is 1.19. The molecule has 0 radical (unpaired) electrons. The third kappa shape index (κ3) is 2.78. The Morgan fingerprint density at radius 2 is 2.27 bits per heavy atom. The molecule has 0 atom stereocenters. The molecule has 1 aromatic carbocycles. The number of benzene rings is 1. The van der Waals surface area contributed by atoms with E-state index in [0.29, 0.717) is 18.5 Å². The number of hydrogen-bond donors (Lipinski definition) is 1.